The topological polar surface area (TPSA) is 49.8 Å². The van der Waals surface area contributed by atoms with Gasteiger partial charge in [0.05, 0.1) is 7.85 Å². The zero-order chi connectivity index (χ0) is 20.1. The number of piperidine rings is 1. The number of carboxylic acid groups (broad SMARTS) is 1. The summed E-state index contributed by atoms with van der Waals surface area (Å²) < 4.78 is 41.0. The molecule has 29 heavy (non-hydrogen) atoms. The van der Waals surface area contributed by atoms with Crippen molar-refractivity contribution in [2.24, 2.45) is 5.92 Å². The lowest BCUT2D eigenvalue weighted by Gasteiger charge is -2.41. The molecule has 0 spiro atoms. The van der Waals surface area contributed by atoms with E-state index >= 15 is 0 Å². The summed E-state index contributed by atoms with van der Waals surface area (Å²) in [7, 11) is 6.24. The second-order valence-electron chi connectivity index (χ2n) is 7.19. The summed E-state index contributed by atoms with van der Waals surface area (Å²) >= 11 is 0. The fraction of sp³-hybridized carbons (Fsp3) is 0.632. The number of unbranched alkanes of at least 4 members (excludes halogenated alkanes) is 1. The summed E-state index contributed by atoms with van der Waals surface area (Å²) in [5.74, 6) is -1.29. The molecule has 10 heteroatoms. The van der Waals surface area contributed by atoms with Crippen LogP contribution >= 0.6 is 24.8 Å². The molecule has 1 aliphatic rings. The van der Waals surface area contributed by atoms with E-state index in [0.717, 1.165) is 18.4 Å². The van der Waals surface area contributed by atoms with Crippen LogP contribution < -0.4 is 4.74 Å². The van der Waals surface area contributed by atoms with Gasteiger partial charge < -0.3 is 9.84 Å². The molecule has 0 aromatic heterocycles. The summed E-state index contributed by atoms with van der Waals surface area (Å²) in [6.07, 6.45) is -1.27. The lowest BCUT2D eigenvalue weighted by atomic mass is 9.56. The molecule has 164 valence electrons. The normalized spacial score (nSPS) is 17.5. The Balaban J connectivity index is 0.00000392. The van der Waals surface area contributed by atoms with Crippen molar-refractivity contribution in [3.8, 4) is 5.75 Å². The Bertz CT molecular complexity index is 643. The van der Waals surface area contributed by atoms with Gasteiger partial charge in [0.15, 0.2) is 0 Å². The van der Waals surface area contributed by atoms with E-state index in [2.05, 4.69) is 9.64 Å². The number of hydrogen-bond donors (Lipinski definition) is 1. The van der Waals surface area contributed by atoms with Crippen LogP contribution in [0.2, 0.25) is 5.31 Å². The number of rotatable bonds is 8. The van der Waals surface area contributed by atoms with Crippen molar-refractivity contribution in [2.45, 2.75) is 57.2 Å². The SMILES string of the molecule is Cl.Cl.[B]C(CCCC)(C(=O)O)C1CCN(Cc2cccc(OC(F)(F)F)c2)CC1. The standard InChI is InChI=1S/C19H25BF3NO3.2ClH/c1-2-3-9-18(20,17(25)26)15-7-10-24(11-8-15)13-14-5-4-6-16(12-14)27-19(21,22)23;;/h4-6,12,15H,2-3,7-11,13H2,1H3,(H,25,26);2*1H. The Labute approximate surface area is 183 Å². The predicted octanol–water partition coefficient (Wildman–Crippen LogP) is 5.24. The first-order valence-electron chi connectivity index (χ1n) is 9.23. The van der Waals surface area contributed by atoms with Gasteiger partial charge in [0.2, 0.25) is 0 Å². The minimum Gasteiger partial charge on any atom is -0.481 e. The summed E-state index contributed by atoms with van der Waals surface area (Å²) in [5.41, 5.74) is 0.721. The molecule has 0 bridgehead atoms. The van der Waals surface area contributed by atoms with Crippen LogP contribution in [0.25, 0.3) is 0 Å². The van der Waals surface area contributed by atoms with Gasteiger partial charge in [0.25, 0.3) is 0 Å². The van der Waals surface area contributed by atoms with Crippen molar-refractivity contribution in [3.05, 3.63) is 29.8 Å². The van der Waals surface area contributed by atoms with Crippen LogP contribution in [0.15, 0.2) is 24.3 Å². The largest absolute Gasteiger partial charge is 0.573 e. The first-order valence-corrected chi connectivity index (χ1v) is 9.23. The van der Waals surface area contributed by atoms with E-state index in [1.807, 2.05) is 6.92 Å². The van der Waals surface area contributed by atoms with Crippen LogP contribution in [-0.4, -0.2) is 43.3 Å². The molecule has 1 heterocycles. The quantitative estimate of drug-likeness (QED) is 0.544. The highest BCUT2D eigenvalue weighted by molar-refractivity contribution is 6.27. The average Bonchev–Trinajstić information content (AvgIpc) is 2.59. The molecule has 1 aromatic rings. The third kappa shape index (κ3) is 8.26. The number of carbonyl (C=O) groups is 1. The number of halogens is 5. The van der Waals surface area contributed by atoms with Gasteiger partial charge in [-0.3, -0.25) is 9.69 Å². The number of aliphatic carboxylic acids is 1. The highest BCUT2D eigenvalue weighted by Crippen LogP contribution is 2.44. The molecule has 1 aromatic carbocycles. The van der Waals surface area contributed by atoms with Gasteiger partial charge in [-0.25, -0.2) is 0 Å². The lowest BCUT2D eigenvalue weighted by molar-refractivity contribution is -0.274. The van der Waals surface area contributed by atoms with Crippen LogP contribution in [-0.2, 0) is 11.3 Å². The molecule has 1 fully saturated rings. The Morgan fingerprint density at radius 1 is 1.28 bits per heavy atom. The van der Waals surface area contributed by atoms with E-state index in [1.165, 1.54) is 18.2 Å². The number of ether oxygens (including phenoxy) is 1. The van der Waals surface area contributed by atoms with Gasteiger partial charge in [-0.1, -0.05) is 31.9 Å². The second kappa shape index (κ2) is 11.9. The number of carboxylic acids is 1. The van der Waals surface area contributed by atoms with Gasteiger partial charge in [-0.15, -0.1) is 38.0 Å². The molecule has 0 aliphatic carbocycles. The molecule has 2 rings (SSSR count). The van der Waals surface area contributed by atoms with Crippen molar-refractivity contribution in [2.75, 3.05) is 13.1 Å². The fourth-order valence-electron chi connectivity index (χ4n) is 3.66. The first-order chi connectivity index (χ1) is 12.6. The van der Waals surface area contributed by atoms with E-state index in [4.69, 9.17) is 7.85 Å². The van der Waals surface area contributed by atoms with Crippen LogP contribution in [0.3, 0.4) is 0 Å². The minimum absolute atomic E-state index is 0. The molecule has 0 saturated carbocycles. The summed E-state index contributed by atoms with van der Waals surface area (Å²) in [6, 6.07) is 5.93. The van der Waals surface area contributed by atoms with E-state index in [9.17, 15) is 23.1 Å². The molecule has 4 nitrogen and oxygen atoms in total. The van der Waals surface area contributed by atoms with E-state index in [-0.39, 0.29) is 36.5 Å². The van der Waals surface area contributed by atoms with Crippen molar-refractivity contribution in [1.29, 1.82) is 0 Å². The van der Waals surface area contributed by atoms with Gasteiger partial charge in [0, 0.05) is 11.9 Å². The maximum atomic E-state index is 12.3. The third-order valence-corrected chi connectivity index (χ3v) is 5.20. The Kier molecular flexibility index (Phi) is 11.5. The van der Waals surface area contributed by atoms with Crippen LogP contribution in [0, 0.1) is 5.92 Å². The number of alkyl halides is 3. The molecule has 1 unspecified atom stereocenters. The maximum Gasteiger partial charge on any atom is 0.573 e. The highest BCUT2D eigenvalue weighted by Gasteiger charge is 2.41. The molecule has 1 aliphatic heterocycles. The van der Waals surface area contributed by atoms with Gasteiger partial charge in [0.1, 0.15) is 5.75 Å². The molecule has 1 N–H and O–H groups in total. The Morgan fingerprint density at radius 2 is 1.90 bits per heavy atom. The minimum atomic E-state index is -4.71. The molecule has 1 saturated heterocycles. The first kappa shape index (κ1) is 27.9. The molecular formula is C19H27BCl2F3NO3. The highest BCUT2D eigenvalue weighted by atomic mass is 35.5. The van der Waals surface area contributed by atoms with Crippen LogP contribution in [0.1, 0.15) is 44.6 Å². The van der Waals surface area contributed by atoms with Crippen molar-refractivity contribution >= 4 is 38.6 Å². The van der Waals surface area contributed by atoms with Crippen molar-refractivity contribution in [1.82, 2.24) is 4.90 Å². The third-order valence-electron chi connectivity index (χ3n) is 5.20. The number of nitrogens with zero attached hydrogens (tertiary/aromatic N) is 1. The number of benzene rings is 1. The van der Waals surface area contributed by atoms with Gasteiger partial charge >= 0.3 is 12.3 Å². The van der Waals surface area contributed by atoms with Gasteiger partial charge in [-0.05, 0) is 56.0 Å². The van der Waals surface area contributed by atoms with Crippen molar-refractivity contribution in [3.63, 3.8) is 0 Å². The summed E-state index contributed by atoms with van der Waals surface area (Å²) in [4.78, 5) is 13.8. The van der Waals surface area contributed by atoms with E-state index in [0.29, 0.717) is 38.9 Å². The number of hydrogen-bond acceptors (Lipinski definition) is 3. The zero-order valence-electron chi connectivity index (χ0n) is 16.3. The summed E-state index contributed by atoms with van der Waals surface area (Å²) in [5, 5.41) is 8.39. The molecule has 1 atom stereocenters. The molecule has 2 radical (unpaired) electrons. The number of likely N-dealkylation sites (tertiary alicyclic amines) is 1. The van der Waals surface area contributed by atoms with Gasteiger partial charge in [-0.2, -0.15) is 0 Å². The maximum absolute atomic E-state index is 12.3. The molecule has 0 amide bonds. The monoisotopic (exact) mass is 455 g/mol. The van der Waals surface area contributed by atoms with Crippen molar-refractivity contribution < 1.29 is 27.8 Å². The van der Waals surface area contributed by atoms with Crippen LogP contribution in [0.5, 0.6) is 5.75 Å². The zero-order valence-corrected chi connectivity index (χ0v) is 17.9. The predicted molar refractivity (Wildman–Crippen MR) is 111 cm³/mol. The van der Waals surface area contributed by atoms with E-state index < -0.39 is 17.6 Å². The summed E-state index contributed by atoms with van der Waals surface area (Å²) in [6.45, 7) is 3.81. The Morgan fingerprint density at radius 3 is 2.41 bits per heavy atom. The molecular weight excluding hydrogens is 429 g/mol. The second-order valence-corrected chi connectivity index (χ2v) is 7.19. The average molecular weight is 456 g/mol. The van der Waals surface area contributed by atoms with Crippen LogP contribution in [0.4, 0.5) is 13.2 Å². The smallest absolute Gasteiger partial charge is 0.481 e. The lowest BCUT2D eigenvalue weighted by Crippen LogP contribution is -2.41. The Hall–Kier alpha value is -1.12. The fourth-order valence-corrected chi connectivity index (χ4v) is 3.66. The van der Waals surface area contributed by atoms with E-state index in [1.54, 1.807) is 6.07 Å².